The molecule has 0 spiro atoms. The van der Waals surface area contributed by atoms with Crippen molar-refractivity contribution in [3.63, 3.8) is 0 Å². The Morgan fingerprint density at radius 2 is 2.03 bits per heavy atom. The van der Waals surface area contributed by atoms with Crippen LogP contribution >= 0.6 is 11.3 Å². The van der Waals surface area contributed by atoms with Gasteiger partial charge in [0.1, 0.15) is 18.1 Å². The lowest BCUT2D eigenvalue weighted by atomic mass is 10.3. The average Bonchev–Trinajstić information content (AvgIpc) is 3.25. The van der Waals surface area contributed by atoms with E-state index < -0.39 is 0 Å². The van der Waals surface area contributed by atoms with Crippen LogP contribution in [-0.4, -0.2) is 48.1 Å². The van der Waals surface area contributed by atoms with Crippen molar-refractivity contribution in [2.45, 2.75) is 6.92 Å². The molecule has 9 heteroatoms. The van der Waals surface area contributed by atoms with Crippen molar-refractivity contribution in [1.29, 1.82) is 0 Å². The maximum atomic E-state index is 13.1. The molecule has 1 aliphatic heterocycles. The summed E-state index contributed by atoms with van der Waals surface area (Å²) < 4.78 is 19.5. The summed E-state index contributed by atoms with van der Waals surface area (Å²) in [4.78, 5) is 32.4. The van der Waals surface area contributed by atoms with Gasteiger partial charge in [0.2, 0.25) is 5.91 Å². The zero-order chi connectivity index (χ0) is 20.4. The van der Waals surface area contributed by atoms with Gasteiger partial charge in [0.25, 0.3) is 0 Å². The van der Waals surface area contributed by atoms with Crippen LogP contribution in [0.1, 0.15) is 6.92 Å². The molecule has 2 heterocycles. The van der Waals surface area contributed by atoms with Crippen LogP contribution in [-0.2, 0) is 4.79 Å². The van der Waals surface area contributed by atoms with Crippen LogP contribution in [0.25, 0.3) is 10.2 Å². The molecule has 0 atom stereocenters. The first-order chi connectivity index (χ1) is 14.0. The molecular formula is C20H19FN4O3S. The third-order valence-electron chi connectivity index (χ3n) is 4.48. The summed E-state index contributed by atoms with van der Waals surface area (Å²) in [5, 5.41) is 3.23. The van der Waals surface area contributed by atoms with Gasteiger partial charge in [-0.15, -0.1) is 0 Å². The number of fused-ring (bicyclic) bond motifs is 1. The number of hydrogen-bond acceptors (Lipinski definition) is 5. The number of thiazole rings is 1. The van der Waals surface area contributed by atoms with Crippen molar-refractivity contribution in [2.75, 3.05) is 36.5 Å². The van der Waals surface area contributed by atoms with E-state index in [1.54, 1.807) is 12.1 Å². The molecule has 2 aromatic carbocycles. The third kappa shape index (κ3) is 4.14. The molecule has 0 unspecified atom stereocenters. The standard InChI is InChI=1S/C20H19FN4O3S/c1-2-28-15-7-8-16-17(11-15)29-19(22-16)23-18(26)12-24-9-10-25(20(24)27)14-5-3-13(21)4-6-14/h3-8,11H,2,9-10,12H2,1H3,(H,22,23,26). The first-order valence-electron chi connectivity index (χ1n) is 9.19. The van der Waals surface area contributed by atoms with Gasteiger partial charge in [0.05, 0.1) is 16.8 Å². The van der Waals surface area contributed by atoms with E-state index >= 15 is 0 Å². The summed E-state index contributed by atoms with van der Waals surface area (Å²) in [5.41, 5.74) is 1.38. The van der Waals surface area contributed by atoms with Gasteiger partial charge >= 0.3 is 6.03 Å². The van der Waals surface area contributed by atoms with Gasteiger partial charge in [0, 0.05) is 18.8 Å². The molecule has 7 nitrogen and oxygen atoms in total. The predicted octanol–water partition coefficient (Wildman–Crippen LogP) is 3.71. The highest BCUT2D eigenvalue weighted by atomic mass is 32.1. The lowest BCUT2D eigenvalue weighted by molar-refractivity contribution is -0.116. The summed E-state index contributed by atoms with van der Waals surface area (Å²) in [6.07, 6.45) is 0. The number of aromatic nitrogens is 1. The summed E-state index contributed by atoms with van der Waals surface area (Å²) >= 11 is 1.35. The molecule has 0 aliphatic carbocycles. The minimum Gasteiger partial charge on any atom is -0.494 e. The predicted molar refractivity (Wildman–Crippen MR) is 110 cm³/mol. The third-order valence-corrected chi connectivity index (χ3v) is 5.42. The number of ether oxygens (including phenoxy) is 1. The molecule has 0 bridgehead atoms. The van der Waals surface area contributed by atoms with E-state index in [0.717, 1.165) is 16.0 Å². The fraction of sp³-hybridized carbons (Fsp3) is 0.250. The number of benzene rings is 2. The van der Waals surface area contributed by atoms with Gasteiger partial charge in [-0.05, 0) is 49.4 Å². The first-order valence-corrected chi connectivity index (χ1v) is 10.0. The van der Waals surface area contributed by atoms with Gasteiger partial charge in [-0.3, -0.25) is 9.69 Å². The Kier molecular flexibility index (Phi) is 5.30. The normalized spacial score (nSPS) is 13.9. The van der Waals surface area contributed by atoms with E-state index in [4.69, 9.17) is 4.74 Å². The lowest BCUT2D eigenvalue weighted by Crippen LogP contribution is -2.37. The summed E-state index contributed by atoms with van der Waals surface area (Å²) in [7, 11) is 0. The van der Waals surface area contributed by atoms with E-state index in [0.29, 0.717) is 30.5 Å². The number of amides is 3. The lowest BCUT2D eigenvalue weighted by Gasteiger charge is -2.18. The molecule has 1 saturated heterocycles. The molecule has 0 saturated carbocycles. The maximum absolute atomic E-state index is 13.1. The van der Waals surface area contributed by atoms with Crippen LogP contribution in [0.3, 0.4) is 0 Å². The largest absolute Gasteiger partial charge is 0.494 e. The molecule has 1 N–H and O–H groups in total. The Morgan fingerprint density at radius 1 is 1.24 bits per heavy atom. The fourth-order valence-corrected chi connectivity index (χ4v) is 4.05. The van der Waals surface area contributed by atoms with Crippen LogP contribution in [0.2, 0.25) is 0 Å². The first kappa shape index (κ1) is 19.1. The number of nitrogens with zero attached hydrogens (tertiary/aromatic N) is 3. The Labute approximate surface area is 170 Å². The molecule has 1 aliphatic rings. The molecule has 3 amide bonds. The molecule has 29 heavy (non-hydrogen) atoms. The zero-order valence-corrected chi connectivity index (χ0v) is 16.5. The number of anilines is 2. The molecule has 4 rings (SSSR count). The van der Waals surface area contributed by atoms with Gasteiger partial charge in [-0.1, -0.05) is 11.3 Å². The topological polar surface area (TPSA) is 74.8 Å². The molecule has 1 fully saturated rings. The SMILES string of the molecule is CCOc1ccc2nc(NC(=O)CN3CCN(c4ccc(F)cc4)C3=O)sc2c1. The quantitative estimate of drug-likeness (QED) is 0.667. The highest BCUT2D eigenvalue weighted by Crippen LogP contribution is 2.29. The highest BCUT2D eigenvalue weighted by Gasteiger charge is 2.31. The Balaban J connectivity index is 1.39. The maximum Gasteiger partial charge on any atom is 0.325 e. The minimum absolute atomic E-state index is 0.0728. The Hall–Kier alpha value is -3.20. The second kappa shape index (κ2) is 8.04. The van der Waals surface area contributed by atoms with E-state index in [1.807, 2.05) is 25.1 Å². The van der Waals surface area contributed by atoms with E-state index in [2.05, 4.69) is 10.3 Å². The zero-order valence-electron chi connectivity index (χ0n) is 15.7. The molecule has 1 aromatic heterocycles. The molecule has 0 radical (unpaired) electrons. The Morgan fingerprint density at radius 3 is 2.79 bits per heavy atom. The monoisotopic (exact) mass is 414 g/mol. The van der Waals surface area contributed by atoms with Gasteiger partial charge in [0.15, 0.2) is 5.13 Å². The van der Waals surface area contributed by atoms with Crippen LogP contribution in [0.5, 0.6) is 5.75 Å². The number of carbonyl (C=O) groups excluding carboxylic acids is 2. The number of hydrogen-bond donors (Lipinski definition) is 1. The van der Waals surface area contributed by atoms with Crippen LogP contribution in [0, 0.1) is 5.82 Å². The van der Waals surface area contributed by atoms with Gasteiger partial charge in [-0.2, -0.15) is 0 Å². The van der Waals surface area contributed by atoms with Crippen molar-refractivity contribution >= 4 is 44.3 Å². The summed E-state index contributed by atoms with van der Waals surface area (Å²) in [5.74, 6) is 0.0781. The number of urea groups is 1. The summed E-state index contributed by atoms with van der Waals surface area (Å²) in [6, 6.07) is 11.0. The smallest absolute Gasteiger partial charge is 0.325 e. The molecule has 3 aromatic rings. The minimum atomic E-state index is -0.360. The van der Waals surface area contributed by atoms with Crippen molar-refractivity contribution in [1.82, 2.24) is 9.88 Å². The van der Waals surface area contributed by atoms with Gasteiger partial charge < -0.3 is 15.0 Å². The van der Waals surface area contributed by atoms with Crippen LogP contribution in [0.15, 0.2) is 42.5 Å². The van der Waals surface area contributed by atoms with E-state index in [1.165, 1.54) is 33.3 Å². The van der Waals surface area contributed by atoms with Crippen molar-refractivity contribution < 1.29 is 18.7 Å². The van der Waals surface area contributed by atoms with Crippen molar-refractivity contribution in [2.24, 2.45) is 0 Å². The Bertz CT molecular complexity index is 1050. The number of carbonyl (C=O) groups is 2. The van der Waals surface area contributed by atoms with E-state index in [-0.39, 0.29) is 24.3 Å². The average molecular weight is 414 g/mol. The van der Waals surface area contributed by atoms with Crippen LogP contribution in [0.4, 0.5) is 20.0 Å². The fourth-order valence-electron chi connectivity index (χ4n) is 3.14. The number of rotatable bonds is 6. The number of halogens is 1. The molecule has 150 valence electrons. The van der Waals surface area contributed by atoms with E-state index in [9.17, 15) is 14.0 Å². The second-order valence-electron chi connectivity index (χ2n) is 6.46. The van der Waals surface area contributed by atoms with Crippen molar-refractivity contribution in [3.8, 4) is 5.75 Å². The van der Waals surface area contributed by atoms with Crippen molar-refractivity contribution in [3.05, 3.63) is 48.3 Å². The van der Waals surface area contributed by atoms with Crippen LogP contribution < -0.4 is 15.0 Å². The summed E-state index contributed by atoms with van der Waals surface area (Å²) in [6.45, 7) is 3.28. The molecular weight excluding hydrogens is 395 g/mol. The second-order valence-corrected chi connectivity index (χ2v) is 7.49. The highest BCUT2D eigenvalue weighted by molar-refractivity contribution is 7.22. The van der Waals surface area contributed by atoms with Gasteiger partial charge in [-0.25, -0.2) is 14.2 Å². The number of nitrogens with one attached hydrogen (secondary N) is 1.